The molecule has 0 radical (unpaired) electrons. The summed E-state index contributed by atoms with van der Waals surface area (Å²) in [7, 11) is 0. The number of halogens is 1. The molecule has 1 amide bonds. The van der Waals surface area contributed by atoms with Crippen LogP contribution in [0.4, 0.5) is 4.39 Å². The molecular formula is C20H26FN3O2. The lowest BCUT2D eigenvalue weighted by molar-refractivity contribution is 0.0632. The predicted molar refractivity (Wildman–Crippen MR) is 97.2 cm³/mol. The van der Waals surface area contributed by atoms with Crippen molar-refractivity contribution < 1.29 is 13.9 Å². The van der Waals surface area contributed by atoms with E-state index >= 15 is 0 Å². The van der Waals surface area contributed by atoms with Gasteiger partial charge in [0.25, 0.3) is 5.91 Å². The zero-order valence-electron chi connectivity index (χ0n) is 15.2. The lowest BCUT2D eigenvalue weighted by atomic mass is 9.94. The number of piperidine rings is 1. The molecule has 1 aromatic carbocycles. The molecule has 0 bridgehead atoms. The van der Waals surface area contributed by atoms with Gasteiger partial charge < -0.3 is 9.64 Å². The minimum atomic E-state index is -0.230. The average molecular weight is 359 g/mol. The van der Waals surface area contributed by atoms with Gasteiger partial charge in [-0.25, -0.2) is 4.39 Å². The SMILES string of the molecule is CCn1ccc(C(=O)N2CCC(CCOCc3cccc(F)c3)CC2)n1. The Morgan fingerprint density at radius 1 is 1.31 bits per heavy atom. The lowest BCUT2D eigenvalue weighted by Crippen LogP contribution is -2.39. The van der Waals surface area contributed by atoms with Crippen molar-refractivity contribution in [2.45, 2.75) is 39.3 Å². The number of amides is 1. The number of carbonyl (C=O) groups is 1. The second-order valence-electron chi connectivity index (χ2n) is 6.76. The molecule has 1 saturated heterocycles. The van der Waals surface area contributed by atoms with Gasteiger partial charge in [0.05, 0.1) is 6.61 Å². The average Bonchev–Trinajstić information content (AvgIpc) is 3.14. The summed E-state index contributed by atoms with van der Waals surface area (Å²) in [6.07, 6.45) is 4.80. The first kappa shape index (κ1) is 18.6. The Morgan fingerprint density at radius 3 is 2.81 bits per heavy atom. The van der Waals surface area contributed by atoms with E-state index in [1.54, 1.807) is 16.8 Å². The van der Waals surface area contributed by atoms with Crippen molar-refractivity contribution >= 4 is 5.91 Å². The van der Waals surface area contributed by atoms with Crippen molar-refractivity contribution in [3.63, 3.8) is 0 Å². The van der Waals surface area contributed by atoms with Gasteiger partial charge in [0.15, 0.2) is 0 Å². The molecule has 0 N–H and O–H groups in total. The van der Waals surface area contributed by atoms with Gasteiger partial charge in [-0.3, -0.25) is 9.48 Å². The molecule has 26 heavy (non-hydrogen) atoms. The van der Waals surface area contributed by atoms with Gasteiger partial charge in [0.1, 0.15) is 11.5 Å². The van der Waals surface area contributed by atoms with E-state index in [9.17, 15) is 9.18 Å². The first-order valence-electron chi connectivity index (χ1n) is 9.30. The van der Waals surface area contributed by atoms with Crippen LogP contribution in [0.1, 0.15) is 42.2 Å². The zero-order chi connectivity index (χ0) is 18.4. The molecule has 1 fully saturated rings. The first-order chi connectivity index (χ1) is 12.7. The highest BCUT2D eigenvalue weighted by Crippen LogP contribution is 2.22. The maximum atomic E-state index is 13.1. The maximum Gasteiger partial charge on any atom is 0.274 e. The van der Waals surface area contributed by atoms with E-state index in [0.29, 0.717) is 24.8 Å². The van der Waals surface area contributed by atoms with Crippen LogP contribution in [-0.4, -0.2) is 40.3 Å². The van der Waals surface area contributed by atoms with Crippen LogP contribution in [0.5, 0.6) is 0 Å². The highest BCUT2D eigenvalue weighted by atomic mass is 19.1. The number of nitrogens with zero attached hydrogens (tertiary/aromatic N) is 3. The standard InChI is InChI=1S/C20H26FN3O2/c1-2-24-12-8-19(22-24)20(25)23-10-6-16(7-11-23)9-13-26-15-17-4-3-5-18(21)14-17/h3-5,8,12,14,16H,2,6-7,9-11,13,15H2,1H3. The van der Waals surface area contributed by atoms with Crippen LogP contribution >= 0.6 is 0 Å². The van der Waals surface area contributed by atoms with Crippen molar-refractivity contribution in [3.05, 3.63) is 53.6 Å². The molecule has 3 rings (SSSR count). The minimum Gasteiger partial charge on any atom is -0.377 e. The fraction of sp³-hybridized carbons (Fsp3) is 0.500. The number of aromatic nitrogens is 2. The molecule has 0 aliphatic carbocycles. The number of likely N-dealkylation sites (tertiary alicyclic amines) is 1. The number of aryl methyl sites for hydroxylation is 1. The number of hydrogen-bond donors (Lipinski definition) is 0. The molecule has 1 aliphatic rings. The third-order valence-corrected chi connectivity index (χ3v) is 4.91. The Morgan fingerprint density at radius 2 is 2.12 bits per heavy atom. The molecule has 0 atom stereocenters. The predicted octanol–water partition coefficient (Wildman–Crippen LogP) is 3.50. The van der Waals surface area contributed by atoms with Crippen LogP contribution < -0.4 is 0 Å². The van der Waals surface area contributed by atoms with Crippen molar-refractivity contribution in [1.29, 1.82) is 0 Å². The molecule has 0 saturated carbocycles. The highest BCUT2D eigenvalue weighted by Gasteiger charge is 2.24. The molecule has 1 aromatic heterocycles. The molecule has 140 valence electrons. The van der Waals surface area contributed by atoms with Gasteiger partial charge in [-0.1, -0.05) is 12.1 Å². The van der Waals surface area contributed by atoms with E-state index in [4.69, 9.17) is 4.74 Å². The van der Waals surface area contributed by atoms with Crippen LogP contribution in [0.15, 0.2) is 36.5 Å². The monoisotopic (exact) mass is 359 g/mol. The van der Waals surface area contributed by atoms with E-state index in [-0.39, 0.29) is 11.7 Å². The Balaban J connectivity index is 1.36. The number of hydrogen-bond acceptors (Lipinski definition) is 3. The van der Waals surface area contributed by atoms with Crippen LogP contribution in [0, 0.1) is 11.7 Å². The zero-order valence-corrected chi connectivity index (χ0v) is 15.2. The van der Waals surface area contributed by atoms with Gasteiger partial charge in [0, 0.05) is 32.4 Å². The van der Waals surface area contributed by atoms with E-state index in [1.165, 1.54) is 12.1 Å². The minimum absolute atomic E-state index is 0.0259. The van der Waals surface area contributed by atoms with Gasteiger partial charge in [-0.15, -0.1) is 0 Å². The maximum absolute atomic E-state index is 13.1. The summed E-state index contributed by atoms with van der Waals surface area (Å²) < 4.78 is 20.6. The van der Waals surface area contributed by atoms with Crippen molar-refractivity contribution in [1.82, 2.24) is 14.7 Å². The fourth-order valence-electron chi connectivity index (χ4n) is 3.31. The Bertz CT molecular complexity index is 723. The molecule has 2 heterocycles. The quantitative estimate of drug-likeness (QED) is 0.711. The van der Waals surface area contributed by atoms with Crippen molar-refractivity contribution in [2.24, 2.45) is 5.92 Å². The third kappa shape index (κ3) is 4.91. The summed E-state index contributed by atoms with van der Waals surface area (Å²) in [6.45, 7) is 5.41. The summed E-state index contributed by atoms with van der Waals surface area (Å²) in [5.41, 5.74) is 1.39. The number of rotatable bonds is 7. The van der Waals surface area contributed by atoms with Gasteiger partial charge in [-0.05, 0) is 55.9 Å². The van der Waals surface area contributed by atoms with Crippen LogP contribution in [0.25, 0.3) is 0 Å². The Hall–Kier alpha value is -2.21. The summed E-state index contributed by atoms with van der Waals surface area (Å²) in [6, 6.07) is 8.30. The molecule has 0 spiro atoms. The smallest absolute Gasteiger partial charge is 0.274 e. The normalized spacial score (nSPS) is 15.4. The Kier molecular flexibility index (Phi) is 6.39. The number of carbonyl (C=O) groups excluding carboxylic acids is 1. The first-order valence-corrected chi connectivity index (χ1v) is 9.30. The summed E-state index contributed by atoms with van der Waals surface area (Å²) in [4.78, 5) is 14.4. The second-order valence-corrected chi connectivity index (χ2v) is 6.76. The lowest BCUT2D eigenvalue weighted by Gasteiger charge is -2.31. The van der Waals surface area contributed by atoms with Crippen LogP contribution in [-0.2, 0) is 17.9 Å². The van der Waals surface area contributed by atoms with Gasteiger partial charge in [0.2, 0.25) is 0 Å². The number of benzene rings is 1. The van der Waals surface area contributed by atoms with E-state index in [0.717, 1.165) is 44.5 Å². The number of ether oxygens (including phenoxy) is 1. The topological polar surface area (TPSA) is 47.4 Å². The molecular weight excluding hydrogens is 333 g/mol. The highest BCUT2D eigenvalue weighted by molar-refractivity contribution is 5.92. The largest absolute Gasteiger partial charge is 0.377 e. The molecule has 5 nitrogen and oxygen atoms in total. The van der Waals surface area contributed by atoms with Crippen molar-refractivity contribution in [3.8, 4) is 0 Å². The van der Waals surface area contributed by atoms with E-state index in [1.807, 2.05) is 24.1 Å². The van der Waals surface area contributed by atoms with Gasteiger partial charge in [-0.2, -0.15) is 5.10 Å². The van der Waals surface area contributed by atoms with E-state index in [2.05, 4.69) is 5.10 Å². The van der Waals surface area contributed by atoms with Crippen LogP contribution in [0.2, 0.25) is 0 Å². The third-order valence-electron chi connectivity index (χ3n) is 4.91. The second kappa shape index (κ2) is 8.94. The van der Waals surface area contributed by atoms with Gasteiger partial charge >= 0.3 is 0 Å². The fourth-order valence-corrected chi connectivity index (χ4v) is 3.31. The Labute approximate surface area is 153 Å². The molecule has 0 unspecified atom stereocenters. The van der Waals surface area contributed by atoms with Crippen molar-refractivity contribution in [2.75, 3.05) is 19.7 Å². The summed E-state index contributed by atoms with van der Waals surface area (Å²) in [5.74, 6) is 0.365. The molecule has 1 aliphatic heterocycles. The summed E-state index contributed by atoms with van der Waals surface area (Å²) in [5, 5.41) is 4.30. The van der Waals surface area contributed by atoms with Crippen LogP contribution in [0.3, 0.4) is 0 Å². The summed E-state index contributed by atoms with van der Waals surface area (Å²) >= 11 is 0. The molecule has 6 heteroatoms. The van der Waals surface area contributed by atoms with E-state index < -0.39 is 0 Å². The molecule has 2 aromatic rings.